The molecule has 1 aromatic carbocycles. The minimum absolute atomic E-state index is 0.455. The van der Waals surface area contributed by atoms with Gasteiger partial charge in [-0.1, -0.05) is 26.0 Å². The van der Waals surface area contributed by atoms with Crippen LogP contribution in [-0.4, -0.2) is 0 Å². The molecule has 0 amide bonds. The first kappa shape index (κ1) is 7.92. The number of benzene rings is 1. The van der Waals surface area contributed by atoms with Crippen LogP contribution in [0.4, 0.5) is 5.69 Å². The molecule has 0 fully saturated rings. The molecule has 0 aliphatic heterocycles. The van der Waals surface area contributed by atoms with Gasteiger partial charge in [0, 0.05) is 0 Å². The Morgan fingerprint density at radius 2 is 2.09 bits per heavy atom. The summed E-state index contributed by atoms with van der Waals surface area (Å²) in [5, 5.41) is 2.86. The summed E-state index contributed by atoms with van der Waals surface area (Å²) in [6, 6.07) is 7.38. The number of nitroso groups, excluding NO2 is 1. The molecule has 58 valence electrons. The van der Waals surface area contributed by atoms with Crippen molar-refractivity contribution in [3.8, 4) is 0 Å². The molecule has 1 rings (SSSR count). The Hall–Kier alpha value is -1.18. The lowest BCUT2D eigenvalue weighted by Crippen LogP contribution is -1.84. The second-order valence-electron chi connectivity index (χ2n) is 2.84. The van der Waals surface area contributed by atoms with E-state index in [9.17, 15) is 4.91 Å². The Morgan fingerprint density at radius 1 is 1.36 bits per heavy atom. The topological polar surface area (TPSA) is 29.4 Å². The second kappa shape index (κ2) is 3.28. The summed E-state index contributed by atoms with van der Waals surface area (Å²) >= 11 is 0. The largest absolute Gasteiger partial charge is 0.145 e. The van der Waals surface area contributed by atoms with Gasteiger partial charge in [-0.2, -0.15) is 0 Å². The smallest absolute Gasteiger partial charge is 0.108 e. The average Bonchev–Trinajstić information content (AvgIpc) is 2.05. The molecular formula is C9H11NO. The molecule has 0 radical (unpaired) electrons. The quantitative estimate of drug-likeness (QED) is 0.593. The summed E-state index contributed by atoms with van der Waals surface area (Å²) in [6.45, 7) is 4.17. The molecule has 0 aliphatic rings. The summed E-state index contributed by atoms with van der Waals surface area (Å²) in [4.78, 5) is 10.1. The first-order valence-electron chi connectivity index (χ1n) is 3.67. The monoisotopic (exact) mass is 149 g/mol. The zero-order valence-electron chi connectivity index (χ0n) is 6.74. The van der Waals surface area contributed by atoms with Crippen molar-refractivity contribution in [1.29, 1.82) is 0 Å². The molecule has 1 aromatic rings. The predicted octanol–water partition coefficient (Wildman–Crippen LogP) is 3.21. The highest BCUT2D eigenvalue weighted by Gasteiger charge is 1.98. The predicted molar refractivity (Wildman–Crippen MR) is 46.0 cm³/mol. The summed E-state index contributed by atoms with van der Waals surface area (Å²) < 4.78 is 0. The molecule has 0 saturated carbocycles. The van der Waals surface area contributed by atoms with Gasteiger partial charge in [0.1, 0.15) is 5.69 Å². The molecule has 2 heteroatoms. The highest BCUT2D eigenvalue weighted by atomic mass is 16.3. The zero-order chi connectivity index (χ0) is 8.27. The maximum Gasteiger partial charge on any atom is 0.108 e. The van der Waals surface area contributed by atoms with E-state index in [1.807, 2.05) is 18.2 Å². The Morgan fingerprint density at radius 3 is 2.64 bits per heavy atom. The lowest BCUT2D eigenvalue weighted by Gasteiger charge is -2.03. The van der Waals surface area contributed by atoms with Crippen molar-refractivity contribution in [2.75, 3.05) is 0 Å². The van der Waals surface area contributed by atoms with Gasteiger partial charge in [0.05, 0.1) is 0 Å². The molecule has 11 heavy (non-hydrogen) atoms. The number of hydrogen-bond donors (Lipinski definition) is 0. The molecule has 2 nitrogen and oxygen atoms in total. The van der Waals surface area contributed by atoms with Gasteiger partial charge in [-0.3, -0.25) is 0 Å². The SMILES string of the molecule is CC(C)c1cccc(N=O)c1. The standard InChI is InChI=1S/C9H11NO/c1-7(2)8-4-3-5-9(6-8)10-11/h3-7H,1-2H3. The van der Waals surface area contributed by atoms with E-state index >= 15 is 0 Å². The molecule has 0 bridgehead atoms. The van der Waals surface area contributed by atoms with Gasteiger partial charge in [-0.05, 0) is 28.8 Å². The lowest BCUT2D eigenvalue weighted by molar-refractivity contribution is 0.867. The van der Waals surface area contributed by atoms with Gasteiger partial charge in [0.15, 0.2) is 0 Å². The van der Waals surface area contributed by atoms with E-state index in [2.05, 4.69) is 19.0 Å². The van der Waals surface area contributed by atoms with Crippen LogP contribution >= 0.6 is 0 Å². The van der Waals surface area contributed by atoms with E-state index in [4.69, 9.17) is 0 Å². The van der Waals surface area contributed by atoms with Crippen molar-refractivity contribution < 1.29 is 0 Å². The molecule has 0 aliphatic carbocycles. The van der Waals surface area contributed by atoms with Crippen LogP contribution in [-0.2, 0) is 0 Å². The Kier molecular flexibility index (Phi) is 2.36. The maximum absolute atomic E-state index is 10.1. The van der Waals surface area contributed by atoms with Gasteiger partial charge >= 0.3 is 0 Å². The van der Waals surface area contributed by atoms with Gasteiger partial charge in [-0.25, -0.2) is 0 Å². The van der Waals surface area contributed by atoms with Crippen molar-refractivity contribution in [2.24, 2.45) is 5.18 Å². The zero-order valence-corrected chi connectivity index (χ0v) is 6.74. The molecule has 0 unspecified atom stereocenters. The van der Waals surface area contributed by atoms with E-state index < -0.39 is 0 Å². The van der Waals surface area contributed by atoms with Crippen LogP contribution in [0.2, 0.25) is 0 Å². The van der Waals surface area contributed by atoms with Gasteiger partial charge in [0.2, 0.25) is 0 Å². The van der Waals surface area contributed by atoms with Crippen molar-refractivity contribution >= 4 is 5.69 Å². The first-order valence-corrected chi connectivity index (χ1v) is 3.67. The average molecular weight is 149 g/mol. The van der Waals surface area contributed by atoms with E-state index in [-0.39, 0.29) is 0 Å². The molecule has 0 saturated heterocycles. The summed E-state index contributed by atoms with van der Waals surface area (Å²) in [7, 11) is 0. The fourth-order valence-electron chi connectivity index (χ4n) is 0.941. The van der Waals surface area contributed by atoms with Crippen molar-refractivity contribution in [2.45, 2.75) is 19.8 Å². The minimum Gasteiger partial charge on any atom is -0.145 e. The van der Waals surface area contributed by atoms with Crippen LogP contribution in [0.1, 0.15) is 25.3 Å². The number of nitrogens with zero attached hydrogens (tertiary/aromatic N) is 1. The third-order valence-corrected chi connectivity index (χ3v) is 1.64. The molecule has 0 aromatic heterocycles. The first-order chi connectivity index (χ1) is 5.24. The Bertz CT molecular complexity index is 255. The highest BCUT2D eigenvalue weighted by molar-refractivity contribution is 5.40. The number of hydrogen-bond acceptors (Lipinski definition) is 2. The normalized spacial score (nSPS) is 10.1. The van der Waals surface area contributed by atoms with Crippen LogP contribution in [0.5, 0.6) is 0 Å². The third-order valence-electron chi connectivity index (χ3n) is 1.64. The molecule has 0 atom stereocenters. The van der Waals surface area contributed by atoms with Gasteiger partial charge in [0.25, 0.3) is 0 Å². The molecular weight excluding hydrogens is 138 g/mol. The van der Waals surface area contributed by atoms with Crippen molar-refractivity contribution in [3.63, 3.8) is 0 Å². The fraction of sp³-hybridized carbons (Fsp3) is 0.333. The van der Waals surface area contributed by atoms with Crippen LogP contribution in [0.25, 0.3) is 0 Å². The maximum atomic E-state index is 10.1. The summed E-state index contributed by atoms with van der Waals surface area (Å²) in [5.41, 5.74) is 1.67. The second-order valence-corrected chi connectivity index (χ2v) is 2.84. The Balaban J connectivity index is 3.00. The van der Waals surface area contributed by atoms with Crippen LogP contribution in [0.3, 0.4) is 0 Å². The Labute approximate surface area is 66.2 Å². The van der Waals surface area contributed by atoms with Crippen LogP contribution < -0.4 is 0 Å². The fourth-order valence-corrected chi connectivity index (χ4v) is 0.941. The van der Waals surface area contributed by atoms with Crippen LogP contribution in [0.15, 0.2) is 29.4 Å². The highest BCUT2D eigenvalue weighted by Crippen LogP contribution is 2.19. The van der Waals surface area contributed by atoms with E-state index in [1.54, 1.807) is 6.07 Å². The molecule has 0 heterocycles. The van der Waals surface area contributed by atoms with Crippen molar-refractivity contribution in [3.05, 3.63) is 34.7 Å². The van der Waals surface area contributed by atoms with Crippen LogP contribution in [0, 0.1) is 4.91 Å². The van der Waals surface area contributed by atoms with Crippen molar-refractivity contribution in [1.82, 2.24) is 0 Å². The molecule has 0 spiro atoms. The van der Waals surface area contributed by atoms with E-state index in [0.717, 1.165) is 5.56 Å². The van der Waals surface area contributed by atoms with Gasteiger partial charge in [-0.15, -0.1) is 4.91 Å². The summed E-state index contributed by atoms with van der Waals surface area (Å²) in [6.07, 6.45) is 0. The number of rotatable bonds is 2. The molecule has 0 N–H and O–H groups in total. The van der Waals surface area contributed by atoms with E-state index in [1.165, 1.54) is 0 Å². The lowest BCUT2D eigenvalue weighted by atomic mass is 10.0. The van der Waals surface area contributed by atoms with Gasteiger partial charge < -0.3 is 0 Å². The third kappa shape index (κ3) is 1.87. The summed E-state index contributed by atoms with van der Waals surface area (Å²) in [5.74, 6) is 0.455. The minimum atomic E-state index is 0.455. The van der Waals surface area contributed by atoms with E-state index in [0.29, 0.717) is 11.6 Å².